The molecule has 19 heavy (non-hydrogen) atoms. The molecule has 102 valence electrons. The highest BCUT2D eigenvalue weighted by molar-refractivity contribution is 7.90. The quantitative estimate of drug-likeness (QED) is 0.732. The number of carbonyl (C=O) groups excluding carboxylic acids is 2. The summed E-state index contributed by atoms with van der Waals surface area (Å²) >= 11 is 0. The SMILES string of the molecule is C=CC1=C(C=C)S(=O)C2(CCN(C=O)CC2)CC1=O. The van der Waals surface area contributed by atoms with Crippen molar-refractivity contribution in [3.8, 4) is 0 Å². The highest BCUT2D eigenvalue weighted by atomic mass is 32.2. The van der Waals surface area contributed by atoms with E-state index in [1.165, 1.54) is 12.2 Å². The summed E-state index contributed by atoms with van der Waals surface area (Å²) in [4.78, 5) is 25.1. The van der Waals surface area contributed by atoms with Crippen molar-refractivity contribution in [3.05, 3.63) is 35.8 Å². The van der Waals surface area contributed by atoms with Gasteiger partial charge in [0.25, 0.3) is 0 Å². The molecule has 0 N–H and O–H groups in total. The van der Waals surface area contributed by atoms with Gasteiger partial charge >= 0.3 is 0 Å². The zero-order valence-electron chi connectivity index (χ0n) is 10.8. The number of hydrogen-bond donors (Lipinski definition) is 0. The van der Waals surface area contributed by atoms with Crippen LogP contribution in [0.4, 0.5) is 0 Å². The Morgan fingerprint density at radius 1 is 1.21 bits per heavy atom. The molecular formula is C14H17NO3S. The molecule has 0 bridgehead atoms. The van der Waals surface area contributed by atoms with Crippen molar-refractivity contribution in [1.29, 1.82) is 0 Å². The van der Waals surface area contributed by atoms with E-state index in [1.54, 1.807) is 4.90 Å². The van der Waals surface area contributed by atoms with Crippen molar-refractivity contribution in [3.63, 3.8) is 0 Å². The highest BCUT2D eigenvalue weighted by Crippen LogP contribution is 2.40. The zero-order valence-corrected chi connectivity index (χ0v) is 11.6. The van der Waals surface area contributed by atoms with Gasteiger partial charge in [-0.1, -0.05) is 25.3 Å². The van der Waals surface area contributed by atoms with Crippen molar-refractivity contribution < 1.29 is 13.8 Å². The van der Waals surface area contributed by atoms with Crippen LogP contribution in [-0.2, 0) is 20.4 Å². The lowest BCUT2D eigenvalue weighted by Crippen LogP contribution is -2.50. The Morgan fingerprint density at radius 3 is 2.32 bits per heavy atom. The zero-order chi connectivity index (χ0) is 14.0. The van der Waals surface area contributed by atoms with Crippen LogP contribution in [-0.4, -0.2) is 39.1 Å². The van der Waals surface area contributed by atoms with Crippen LogP contribution >= 0.6 is 0 Å². The molecule has 2 rings (SSSR count). The summed E-state index contributed by atoms with van der Waals surface area (Å²) in [5.74, 6) is -0.0240. The van der Waals surface area contributed by atoms with Crippen LogP contribution in [0, 0.1) is 0 Å². The number of likely N-dealkylation sites (tertiary alicyclic amines) is 1. The standard InChI is InChI=1S/C14H17NO3S/c1-3-11-12(17)9-14(19(18)13(11)4-2)5-7-15(10-16)8-6-14/h3-4,10H,1-2,5-9H2. The molecule has 0 radical (unpaired) electrons. The van der Waals surface area contributed by atoms with Gasteiger partial charge in [-0.3, -0.25) is 13.8 Å². The molecule has 0 aliphatic carbocycles. The van der Waals surface area contributed by atoms with Gasteiger partial charge in [-0.15, -0.1) is 0 Å². The van der Waals surface area contributed by atoms with Crippen molar-refractivity contribution in [2.75, 3.05) is 13.1 Å². The van der Waals surface area contributed by atoms with E-state index in [0.29, 0.717) is 36.4 Å². The van der Waals surface area contributed by atoms with Gasteiger partial charge in [0.15, 0.2) is 5.78 Å². The Balaban J connectivity index is 2.36. The number of amides is 1. The van der Waals surface area contributed by atoms with Crippen molar-refractivity contribution in [2.45, 2.75) is 24.0 Å². The van der Waals surface area contributed by atoms with Gasteiger partial charge in [0.2, 0.25) is 6.41 Å². The molecule has 1 fully saturated rings. The first-order chi connectivity index (χ1) is 9.07. The summed E-state index contributed by atoms with van der Waals surface area (Å²) in [5, 5.41) is 0. The van der Waals surface area contributed by atoms with Gasteiger partial charge in [-0.2, -0.15) is 0 Å². The van der Waals surface area contributed by atoms with Crippen molar-refractivity contribution >= 4 is 23.0 Å². The molecule has 0 aromatic carbocycles. The maximum atomic E-state index is 12.7. The van der Waals surface area contributed by atoms with E-state index in [1.807, 2.05) is 0 Å². The van der Waals surface area contributed by atoms with E-state index in [9.17, 15) is 13.8 Å². The molecule has 1 spiro atoms. The maximum Gasteiger partial charge on any atom is 0.209 e. The molecule has 2 aliphatic heterocycles. The highest BCUT2D eigenvalue weighted by Gasteiger charge is 2.46. The lowest BCUT2D eigenvalue weighted by atomic mass is 9.88. The van der Waals surface area contributed by atoms with Crippen LogP contribution in [0.1, 0.15) is 19.3 Å². The normalized spacial score (nSPS) is 26.4. The third-order valence-electron chi connectivity index (χ3n) is 3.89. The van der Waals surface area contributed by atoms with Gasteiger partial charge in [0.1, 0.15) is 0 Å². The first-order valence-electron chi connectivity index (χ1n) is 6.21. The van der Waals surface area contributed by atoms with Crippen molar-refractivity contribution in [1.82, 2.24) is 4.90 Å². The lowest BCUT2D eigenvalue weighted by Gasteiger charge is -2.42. The van der Waals surface area contributed by atoms with E-state index in [4.69, 9.17) is 0 Å². The molecule has 5 heteroatoms. The third-order valence-corrected chi connectivity index (χ3v) is 6.01. The van der Waals surface area contributed by atoms with Gasteiger partial charge < -0.3 is 4.90 Å². The summed E-state index contributed by atoms with van der Waals surface area (Å²) < 4.78 is 12.2. The minimum Gasteiger partial charge on any atom is -0.345 e. The topological polar surface area (TPSA) is 54.5 Å². The second-order valence-electron chi connectivity index (χ2n) is 4.88. The number of allylic oxidation sites excluding steroid dienone is 3. The molecule has 1 saturated heterocycles. The van der Waals surface area contributed by atoms with E-state index in [2.05, 4.69) is 13.2 Å². The Bertz CT molecular complexity index is 499. The number of carbonyl (C=O) groups is 2. The molecule has 0 aromatic heterocycles. The Morgan fingerprint density at radius 2 is 1.84 bits per heavy atom. The van der Waals surface area contributed by atoms with Crippen LogP contribution in [0.2, 0.25) is 0 Å². The number of piperidine rings is 1. The molecule has 0 saturated carbocycles. The second-order valence-corrected chi connectivity index (χ2v) is 6.72. The summed E-state index contributed by atoms with van der Waals surface area (Å²) in [6.45, 7) is 8.37. The molecule has 2 heterocycles. The number of hydrogen-bond acceptors (Lipinski definition) is 3. The van der Waals surface area contributed by atoms with Gasteiger partial charge in [-0.25, -0.2) is 0 Å². The minimum atomic E-state index is -1.26. The molecule has 1 unspecified atom stereocenters. The van der Waals surface area contributed by atoms with Gasteiger partial charge in [0, 0.05) is 30.0 Å². The smallest absolute Gasteiger partial charge is 0.209 e. The monoisotopic (exact) mass is 279 g/mol. The van der Waals surface area contributed by atoms with Crippen LogP contribution in [0.3, 0.4) is 0 Å². The lowest BCUT2D eigenvalue weighted by molar-refractivity contribution is -0.119. The number of rotatable bonds is 3. The second kappa shape index (κ2) is 5.25. The molecule has 4 nitrogen and oxygen atoms in total. The largest absolute Gasteiger partial charge is 0.345 e. The average Bonchev–Trinajstić information content (AvgIpc) is 2.43. The summed E-state index contributed by atoms with van der Waals surface area (Å²) in [6.07, 6.45) is 5.21. The fourth-order valence-corrected chi connectivity index (χ4v) is 4.55. The van der Waals surface area contributed by atoms with Crippen LogP contribution < -0.4 is 0 Å². The van der Waals surface area contributed by atoms with E-state index in [-0.39, 0.29) is 12.2 Å². The molecule has 2 aliphatic rings. The van der Waals surface area contributed by atoms with Crippen molar-refractivity contribution in [2.24, 2.45) is 0 Å². The molecule has 0 aromatic rings. The Hall–Kier alpha value is -1.49. The Labute approximate surface area is 115 Å². The number of nitrogens with zero attached hydrogens (tertiary/aromatic N) is 1. The number of Topliss-reactive ketones (excluding diaryl/α,β-unsaturated/α-hetero) is 1. The van der Waals surface area contributed by atoms with E-state index in [0.717, 1.165) is 6.41 Å². The molecule has 1 amide bonds. The first-order valence-corrected chi connectivity index (χ1v) is 7.36. The molecule has 1 atom stereocenters. The van der Waals surface area contributed by atoms with Gasteiger partial charge in [-0.05, 0) is 12.8 Å². The maximum absolute atomic E-state index is 12.7. The van der Waals surface area contributed by atoms with Crippen LogP contribution in [0.5, 0.6) is 0 Å². The fraction of sp³-hybridized carbons (Fsp3) is 0.429. The first kappa shape index (κ1) is 13.9. The average molecular weight is 279 g/mol. The Kier molecular flexibility index (Phi) is 3.85. The van der Waals surface area contributed by atoms with Gasteiger partial charge in [0.05, 0.1) is 15.5 Å². The third kappa shape index (κ3) is 2.23. The number of ketones is 1. The predicted octanol–water partition coefficient (Wildman–Crippen LogP) is 1.33. The summed E-state index contributed by atoms with van der Waals surface area (Å²) in [7, 11) is -1.26. The molecular weight excluding hydrogens is 262 g/mol. The van der Waals surface area contributed by atoms with E-state index >= 15 is 0 Å². The van der Waals surface area contributed by atoms with Crippen LogP contribution in [0.25, 0.3) is 0 Å². The summed E-state index contributed by atoms with van der Waals surface area (Å²) in [6, 6.07) is 0. The van der Waals surface area contributed by atoms with E-state index < -0.39 is 15.5 Å². The van der Waals surface area contributed by atoms with Crippen LogP contribution in [0.15, 0.2) is 35.8 Å². The summed E-state index contributed by atoms with van der Waals surface area (Å²) in [5.41, 5.74) is 0.428. The minimum absolute atomic E-state index is 0.0240. The fourth-order valence-electron chi connectivity index (χ4n) is 2.72. The predicted molar refractivity (Wildman–Crippen MR) is 74.8 cm³/mol.